The normalized spacial score (nSPS) is 17.4. The molecule has 0 unspecified atom stereocenters. The van der Waals surface area contributed by atoms with Gasteiger partial charge in [-0.15, -0.1) is 0 Å². The van der Waals surface area contributed by atoms with E-state index in [1.807, 2.05) is 0 Å². The van der Waals surface area contributed by atoms with Crippen LogP contribution in [0.1, 0.15) is 62.2 Å². The van der Waals surface area contributed by atoms with Crippen molar-refractivity contribution in [1.82, 2.24) is 4.48 Å². The molecule has 0 aliphatic carbocycles. The van der Waals surface area contributed by atoms with Gasteiger partial charge >= 0.3 is 6.97 Å². The minimum absolute atomic E-state index is 0.186. The van der Waals surface area contributed by atoms with E-state index in [9.17, 15) is 13.2 Å². The zero-order valence-electron chi connectivity index (χ0n) is 19.0. The lowest BCUT2D eigenvalue weighted by Crippen LogP contribution is -2.51. The van der Waals surface area contributed by atoms with Crippen molar-refractivity contribution >= 4 is 18.3 Å². The van der Waals surface area contributed by atoms with Gasteiger partial charge in [-0.05, 0) is 50.4 Å². The molecule has 2 aromatic rings. The molecule has 0 N–H and O–H groups in total. The van der Waals surface area contributed by atoms with Gasteiger partial charge in [0.2, 0.25) is 5.82 Å². The number of rotatable bonds is 3. The molecule has 4 rings (SSSR count). The summed E-state index contributed by atoms with van der Waals surface area (Å²) >= 11 is 0. The molecule has 0 fully saturated rings. The van der Waals surface area contributed by atoms with E-state index < -0.39 is 47.2 Å². The summed E-state index contributed by atoms with van der Waals surface area (Å²) in [4.78, 5) is 0. The van der Waals surface area contributed by atoms with Crippen LogP contribution in [0.3, 0.4) is 0 Å². The lowest BCUT2D eigenvalue weighted by molar-refractivity contribution is -0.363. The monoisotopic (exact) mass is 470 g/mol. The molecule has 0 saturated carbocycles. The maximum Gasteiger partial charge on any atom is 0.737 e. The van der Waals surface area contributed by atoms with E-state index in [2.05, 4.69) is 0 Å². The van der Waals surface area contributed by atoms with Crippen molar-refractivity contribution in [3.63, 3.8) is 0 Å². The minimum Gasteiger partial charge on any atom is -0.393 e. The SMILES string of the molecule is CCC1=C(C)C2=C(c3c(F)c(F)c(F)c(F)c3F)c3c(C)c(CC)c(C)n3[B-](F)(F)[N+]2=C1C. The molecule has 0 atom stereocenters. The number of benzene rings is 1. The van der Waals surface area contributed by atoms with Crippen molar-refractivity contribution < 1.29 is 35.1 Å². The molecule has 3 heterocycles. The Balaban J connectivity index is 2.33. The van der Waals surface area contributed by atoms with Crippen LogP contribution in [0.4, 0.5) is 30.6 Å². The summed E-state index contributed by atoms with van der Waals surface area (Å²) < 4.78 is 106. The summed E-state index contributed by atoms with van der Waals surface area (Å²) in [7, 11) is 0. The number of aromatic nitrogens is 1. The Morgan fingerprint density at radius 1 is 0.788 bits per heavy atom. The van der Waals surface area contributed by atoms with Gasteiger partial charge in [0.1, 0.15) is 5.71 Å². The number of nitrogens with zero attached hydrogens (tertiary/aromatic N) is 2. The smallest absolute Gasteiger partial charge is 0.393 e. The number of allylic oxidation sites excluding steroid dienone is 2. The van der Waals surface area contributed by atoms with E-state index in [1.165, 1.54) is 27.7 Å². The summed E-state index contributed by atoms with van der Waals surface area (Å²) in [6.07, 6.45) is 0.697. The van der Waals surface area contributed by atoms with Crippen LogP contribution in [0.25, 0.3) is 5.57 Å². The second kappa shape index (κ2) is 7.36. The van der Waals surface area contributed by atoms with Gasteiger partial charge in [0.15, 0.2) is 29.0 Å². The van der Waals surface area contributed by atoms with Gasteiger partial charge in [0, 0.05) is 23.8 Å². The zero-order chi connectivity index (χ0) is 24.7. The average molecular weight is 470 g/mol. The molecule has 0 spiro atoms. The molecule has 0 bridgehead atoms. The van der Waals surface area contributed by atoms with Crippen LogP contribution in [0.5, 0.6) is 0 Å². The number of hydrogen-bond donors (Lipinski definition) is 0. The topological polar surface area (TPSA) is 7.94 Å². The summed E-state index contributed by atoms with van der Waals surface area (Å²) in [6, 6.07) is 0. The Morgan fingerprint density at radius 2 is 1.30 bits per heavy atom. The Hall–Kier alpha value is -2.78. The van der Waals surface area contributed by atoms with Crippen LogP contribution in [-0.2, 0) is 6.42 Å². The molecule has 2 nitrogen and oxygen atoms in total. The Morgan fingerprint density at radius 3 is 1.79 bits per heavy atom. The maximum atomic E-state index is 16.1. The fourth-order valence-corrected chi connectivity index (χ4v) is 5.54. The highest BCUT2D eigenvalue weighted by Crippen LogP contribution is 2.48. The highest BCUT2D eigenvalue weighted by molar-refractivity contribution is 6.58. The van der Waals surface area contributed by atoms with Gasteiger partial charge in [0.05, 0.1) is 11.1 Å². The first-order valence-electron chi connectivity index (χ1n) is 10.7. The summed E-state index contributed by atoms with van der Waals surface area (Å²) in [5.74, 6) is -10.6. The number of fused-ring (bicyclic) bond motifs is 2. The molecule has 33 heavy (non-hydrogen) atoms. The van der Waals surface area contributed by atoms with Crippen LogP contribution in [0.2, 0.25) is 0 Å². The number of hydrogen-bond acceptors (Lipinski definition) is 0. The van der Waals surface area contributed by atoms with E-state index in [1.54, 1.807) is 13.8 Å². The van der Waals surface area contributed by atoms with Gasteiger partial charge in [0.25, 0.3) is 0 Å². The minimum atomic E-state index is -4.50. The summed E-state index contributed by atoms with van der Waals surface area (Å²) in [6.45, 7) is 4.99. The standard InChI is InChI=1S/C23H22BF7N2/c1-7-13-9(3)22-16(15-17(25)19(27)21(29)20(28)18(15)26)23-10(4)14(8-2)12(6)33(23)24(30,31)32(22)11(13)5/h7-8H2,1-6H3. The van der Waals surface area contributed by atoms with Crippen molar-refractivity contribution in [3.8, 4) is 0 Å². The van der Waals surface area contributed by atoms with Gasteiger partial charge in [-0.2, -0.15) is 0 Å². The third-order valence-electron chi connectivity index (χ3n) is 6.96. The predicted octanol–water partition coefficient (Wildman–Crippen LogP) is 6.57. The van der Waals surface area contributed by atoms with E-state index in [4.69, 9.17) is 0 Å². The molecule has 0 radical (unpaired) electrons. The maximum absolute atomic E-state index is 16.1. The van der Waals surface area contributed by atoms with Crippen LogP contribution in [0, 0.1) is 42.9 Å². The highest BCUT2D eigenvalue weighted by atomic mass is 19.2. The molecule has 2 aliphatic rings. The van der Waals surface area contributed by atoms with Crippen molar-refractivity contribution in [1.29, 1.82) is 0 Å². The molecule has 0 amide bonds. The first-order chi connectivity index (χ1) is 15.3. The van der Waals surface area contributed by atoms with Crippen molar-refractivity contribution in [3.05, 3.63) is 74.0 Å². The molecule has 1 aromatic carbocycles. The molecule has 1 aromatic heterocycles. The number of halogens is 7. The Kier molecular flexibility index (Phi) is 5.22. The van der Waals surface area contributed by atoms with E-state index in [0.717, 1.165) is 0 Å². The van der Waals surface area contributed by atoms with Crippen LogP contribution in [-0.4, -0.2) is 21.6 Å². The summed E-state index contributed by atoms with van der Waals surface area (Å²) in [5.41, 5.74) is -0.00773. The lowest BCUT2D eigenvalue weighted by atomic mass is 9.83. The van der Waals surface area contributed by atoms with Gasteiger partial charge in [-0.1, -0.05) is 13.8 Å². The fourth-order valence-electron chi connectivity index (χ4n) is 5.54. The first kappa shape index (κ1) is 23.4. The van der Waals surface area contributed by atoms with Gasteiger partial charge < -0.3 is 17.6 Å². The van der Waals surface area contributed by atoms with Crippen molar-refractivity contribution in [2.24, 2.45) is 0 Å². The third-order valence-corrected chi connectivity index (χ3v) is 6.96. The van der Waals surface area contributed by atoms with Gasteiger partial charge in [-0.25, -0.2) is 22.0 Å². The average Bonchev–Trinajstić information content (AvgIpc) is 3.17. The lowest BCUT2D eigenvalue weighted by Gasteiger charge is -2.34. The van der Waals surface area contributed by atoms with Crippen molar-refractivity contribution in [2.75, 3.05) is 0 Å². The van der Waals surface area contributed by atoms with E-state index >= 15 is 17.4 Å². The molecule has 2 aliphatic heterocycles. The molecule has 0 saturated heterocycles. The zero-order valence-corrected chi connectivity index (χ0v) is 19.0. The second-order valence-corrected chi connectivity index (χ2v) is 8.43. The van der Waals surface area contributed by atoms with Crippen LogP contribution in [0.15, 0.2) is 16.8 Å². The fraction of sp³-hybridized carbons (Fsp3) is 0.348. The van der Waals surface area contributed by atoms with Crippen LogP contribution < -0.4 is 0 Å². The Bertz CT molecular complexity index is 1320. The predicted molar refractivity (Wildman–Crippen MR) is 113 cm³/mol. The Labute approximate surface area is 186 Å². The largest absolute Gasteiger partial charge is 0.737 e. The molecular formula is C23H22BF7N2. The van der Waals surface area contributed by atoms with E-state index in [-0.39, 0.29) is 22.8 Å². The molecule has 10 heteroatoms. The second-order valence-electron chi connectivity index (χ2n) is 8.43. The van der Waals surface area contributed by atoms with Crippen molar-refractivity contribution in [2.45, 2.75) is 54.4 Å². The van der Waals surface area contributed by atoms with Crippen LogP contribution >= 0.6 is 0 Å². The van der Waals surface area contributed by atoms with Gasteiger partial charge in [-0.3, -0.25) is 0 Å². The quantitative estimate of drug-likeness (QED) is 0.208. The molecular weight excluding hydrogens is 448 g/mol. The van der Waals surface area contributed by atoms with E-state index in [0.29, 0.717) is 44.1 Å². The first-order valence-corrected chi connectivity index (χ1v) is 10.7. The third kappa shape index (κ3) is 2.72. The highest BCUT2D eigenvalue weighted by Gasteiger charge is 2.57. The summed E-state index contributed by atoms with van der Waals surface area (Å²) in [5, 5.41) is 0. The molecule has 176 valence electrons.